The van der Waals surface area contributed by atoms with E-state index in [0.717, 1.165) is 12.0 Å². The molecule has 1 atom stereocenters. The minimum atomic E-state index is -0.203. The third-order valence-electron chi connectivity index (χ3n) is 2.96. The zero-order valence-electron chi connectivity index (χ0n) is 11.3. The second-order valence-corrected chi connectivity index (χ2v) is 5.15. The number of hydrogen-bond donors (Lipinski definition) is 1. The van der Waals surface area contributed by atoms with Crippen LogP contribution < -0.4 is 5.32 Å². The molecule has 1 aromatic carbocycles. The van der Waals surface area contributed by atoms with Gasteiger partial charge >= 0.3 is 0 Å². The number of anilines is 1. The van der Waals surface area contributed by atoms with Crippen LogP contribution in [0.1, 0.15) is 32.8 Å². The molecule has 3 heteroatoms. The Kier molecular flexibility index (Phi) is 4.52. The van der Waals surface area contributed by atoms with Crippen LogP contribution in [0.5, 0.6) is 0 Å². The second-order valence-electron chi connectivity index (χ2n) is 5.15. The summed E-state index contributed by atoms with van der Waals surface area (Å²) in [5.41, 5.74) is 1.31. The van der Waals surface area contributed by atoms with Crippen LogP contribution in [-0.4, -0.2) is 18.8 Å². The summed E-state index contributed by atoms with van der Waals surface area (Å²) in [5, 5.41) is 3.21. The predicted octanol–water partition coefficient (Wildman–Crippen LogP) is 3.75. The molecule has 0 aliphatic heterocycles. The van der Waals surface area contributed by atoms with Gasteiger partial charge in [0.25, 0.3) is 0 Å². The van der Waals surface area contributed by atoms with Crippen molar-refractivity contribution in [1.82, 2.24) is 0 Å². The van der Waals surface area contributed by atoms with Crippen LogP contribution in [-0.2, 0) is 4.74 Å². The first kappa shape index (κ1) is 14.0. The van der Waals surface area contributed by atoms with E-state index in [1.807, 2.05) is 33.8 Å². The fourth-order valence-electron chi connectivity index (χ4n) is 1.93. The number of benzene rings is 1. The number of nitrogens with one attached hydrogen (secondary N) is 1. The lowest BCUT2D eigenvalue weighted by Crippen LogP contribution is -2.31. The van der Waals surface area contributed by atoms with Crippen molar-refractivity contribution in [3.05, 3.63) is 29.6 Å². The lowest BCUT2D eigenvalue weighted by molar-refractivity contribution is 0.0127. The normalized spacial score (nSPS) is 13.5. The van der Waals surface area contributed by atoms with E-state index < -0.39 is 0 Å². The van der Waals surface area contributed by atoms with Gasteiger partial charge in [0.15, 0.2) is 0 Å². The van der Waals surface area contributed by atoms with E-state index in [9.17, 15) is 4.39 Å². The first-order valence-corrected chi connectivity index (χ1v) is 5.92. The molecule has 1 rings (SSSR count). The Morgan fingerprint density at radius 3 is 2.59 bits per heavy atom. The summed E-state index contributed by atoms with van der Waals surface area (Å²) in [4.78, 5) is 0. The Balaban J connectivity index is 2.72. The number of halogens is 1. The molecular formula is C14H22FNO. The molecule has 1 unspecified atom stereocenters. The van der Waals surface area contributed by atoms with Crippen LogP contribution in [0, 0.1) is 12.7 Å². The molecule has 0 saturated carbocycles. The number of hydrogen-bond acceptors (Lipinski definition) is 2. The van der Waals surface area contributed by atoms with Crippen molar-refractivity contribution in [3.63, 3.8) is 0 Å². The summed E-state index contributed by atoms with van der Waals surface area (Å²) >= 11 is 0. The molecule has 0 fully saturated rings. The number of aryl methyl sites for hydroxylation is 1. The van der Waals surface area contributed by atoms with Gasteiger partial charge in [-0.1, -0.05) is 12.1 Å². The molecule has 1 N–H and O–H groups in total. The van der Waals surface area contributed by atoms with E-state index in [1.165, 1.54) is 6.07 Å². The Labute approximate surface area is 103 Å². The highest BCUT2D eigenvalue weighted by molar-refractivity contribution is 5.52. The van der Waals surface area contributed by atoms with Gasteiger partial charge in [0.05, 0.1) is 11.3 Å². The topological polar surface area (TPSA) is 21.3 Å². The molecule has 0 saturated heterocycles. The average Bonchev–Trinajstić information content (AvgIpc) is 2.23. The molecule has 0 bridgehead atoms. The van der Waals surface area contributed by atoms with Crippen molar-refractivity contribution in [2.45, 2.75) is 45.8 Å². The molecule has 0 spiro atoms. The summed E-state index contributed by atoms with van der Waals surface area (Å²) in [6.45, 7) is 7.99. The Hall–Kier alpha value is -1.09. The quantitative estimate of drug-likeness (QED) is 0.845. The smallest absolute Gasteiger partial charge is 0.146 e. The third kappa shape index (κ3) is 4.00. The van der Waals surface area contributed by atoms with Gasteiger partial charge in [-0.05, 0) is 45.7 Å². The molecular weight excluding hydrogens is 217 g/mol. The maximum atomic E-state index is 13.6. The summed E-state index contributed by atoms with van der Waals surface area (Å²) in [6.07, 6.45) is 0.817. The summed E-state index contributed by atoms with van der Waals surface area (Å²) in [6, 6.07) is 5.25. The zero-order valence-corrected chi connectivity index (χ0v) is 11.3. The number of para-hydroxylation sites is 1. The SMILES string of the molecule is COC(C)(C)CC(C)Nc1c(C)cccc1F. The van der Waals surface area contributed by atoms with E-state index in [1.54, 1.807) is 13.2 Å². The maximum absolute atomic E-state index is 13.6. The van der Waals surface area contributed by atoms with Crippen LogP contribution in [0.15, 0.2) is 18.2 Å². The number of rotatable bonds is 5. The Morgan fingerprint density at radius 1 is 1.41 bits per heavy atom. The number of ether oxygens (including phenoxy) is 1. The third-order valence-corrected chi connectivity index (χ3v) is 2.96. The maximum Gasteiger partial charge on any atom is 0.146 e. The molecule has 0 radical (unpaired) electrons. The van der Waals surface area contributed by atoms with E-state index in [2.05, 4.69) is 5.32 Å². The lowest BCUT2D eigenvalue weighted by Gasteiger charge is -2.28. The molecule has 0 aliphatic rings. The van der Waals surface area contributed by atoms with E-state index in [0.29, 0.717) is 5.69 Å². The fraction of sp³-hybridized carbons (Fsp3) is 0.571. The van der Waals surface area contributed by atoms with Gasteiger partial charge < -0.3 is 10.1 Å². The standard InChI is InChI=1S/C14H22FNO/c1-10-7-6-8-12(15)13(10)16-11(2)9-14(3,4)17-5/h6-8,11,16H,9H2,1-5H3. The molecule has 0 aromatic heterocycles. The predicted molar refractivity (Wildman–Crippen MR) is 69.9 cm³/mol. The van der Waals surface area contributed by atoms with Crippen molar-refractivity contribution in [3.8, 4) is 0 Å². The molecule has 1 aromatic rings. The van der Waals surface area contributed by atoms with Crippen molar-refractivity contribution in [2.75, 3.05) is 12.4 Å². The zero-order chi connectivity index (χ0) is 13.1. The fourth-order valence-corrected chi connectivity index (χ4v) is 1.93. The lowest BCUT2D eigenvalue weighted by atomic mass is 9.99. The van der Waals surface area contributed by atoms with Crippen molar-refractivity contribution >= 4 is 5.69 Å². The van der Waals surface area contributed by atoms with Gasteiger partial charge in [0.1, 0.15) is 5.82 Å². The van der Waals surface area contributed by atoms with Crippen molar-refractivity contribution in [1.29, 1.82) is 0 Å². The van der Waals surface area contributed by atoms with Crippen LogP contribution in [0.3, 0.4) is 0 Å². The van der Waals surface area contributed by atoms with E-state index >= 15 is 0 Å². The Morgan fingerprint density at radius 2 is 2.06 bits per heavy atom. The van der Waals surface area contributed by atoms with E-state index in [4.69, 9.17) is 4.74 Å². The van der Waals surface area contributed by atoms with Crippen molar-refractivity contribution in [2.24, 2.45) is 0 Å². The van der Waals surface area contributed by atoms with Crippen LogP contribution in [0.2, 0.25) is 0 Å². The summed E-state index contributed by atoms with van der Waals surface area (Å²) in [7, 11) is 1.70. The second kappa shape index (κ2) is 5.50. The van der Waals surface area contributed by atoms with Gasteiger partial charge in [-0.15, -0.1) is 0 Å². The van der Waals surface area contributed by atoms with Gasteiger partial charge in [-0.25, -0.2) is 4.39 Å². The molecule has 0 heterocycles. The first-order valence-electron chi connectivity index (χ1n) is 5.92. The molecule has 96 valence electrons. The molecule has 0 amide bonds. The minimum Gasteiger partial charge on any atom is -0.380 e. The summed E-state index contributed by atoms with van der Waals surface area (Å²) < 4.78 is 19.0. The highest BCUT2D eigenvalue weighted by atomic mass is 19.1. The van der Waals surface area contributed by atoms with Crippen LogP contribution >= 0.6 is 0 Å². The van der Waals surface area contributed by atoms with Crippen LogP contribution in [0.25, 0.3) is 0 Å². The highest BCUT2D eigenvalue weighted by Gasteiger charge is 2.20. The van der Waals surface area contributed by atoms with Gasteiger partial charge in [0.2, 0.25) is 0 Å². The largest absolute Gasteiger partial charge is 0.380 e. The number of methoxy groups -OCH3 is 1. The van der Waals surface area contributed by atoms with Crippen molar-refractivity contribution < 1.29 is 9.13 Å². The summed E-state index contributed by atoms with van der Waals surface area (Å²) in [5.74, 6) is -0.202. The first-order chi connectivity index (χ1) is 7.85. The highest BCUT2D eigenvalue weighted by Crippen LogP contribution is 2.23. The Bertz CT molecular complexity index is 356. The average molecular weight is 239 g/mol. The van der Waals surface area contributed by atoms with Gasteiger partial charge in [-0.2, -0.15) is 0 Å². The van der Waals surface area contributed by atoms with Crippen LogP contribution in [0.4, 0.5) is 10.1 Å². The molecule has 17 heavy (non-hydrogen) atoms. The molecule has 2 nitrogen and oxygen atoms in total. The van der Waals surface area contributed by atoms with Gasteiger partial charge in [-0.3, -0.25) is 0 Å². The minimum absolute atomic E-state index is 0.153. The molecule has 0 aliphatic carbocycles. The van der Waals surface area contributed by atoms with E-state index in [-0.39, 0.29) is 17.5 Å². The van der Waals surface area contributed by atoms with Gasteiger partial charge in [0, 0.05) is 13.2 Å². The monoisotopic (exact) mass is 239 g/mol.